The van der Waals surface area contributed by atoms with Crippen molar-refractivity contribution >= 4 is 16.9 Å². The highest BCUT2D eigenvalue weighted by Gasteiger charge is 2.21. The number of aromatic nitrogens is 2. The van der Waals surface area contributed by atoms with Crippen LogP contribution in [0, 0.1) is 13.8 Å². The van der Waals surface area contributed by atoms with E-state index in [0.717, 1.165) is 33.7 Å². The minimum atomic E-state index is -0.125. The van der Waals surface area contributed by atoms with Crippen LogP contribution in [0.4, 0.5) is 0 Å². The number of ether oxygens (including phenoxy) is 1. The maximum atomic E-state index is 13.0. The van der Waals surface area contributed by atoms with Gasteiger partial charge in [-0.15, -0.1) is 0 Å². The molecule has 1 atom stereocenters. The predicted octanol–water partition coefficient (Wildman–Crippen LogP) is 4.09. The molecule has 0 bridgehead atoms. The number of aryl methyl sites for hydroxylation is 2. The van der Waals surface area contributed by atoms with Gasteiger partial charge in [0, 0.05) is 18.2 Å². The standard InChI is InChI=1S/C21H23N3O2/c1-13-14(2)23-19-12-16(10-11-18(19)22-13)21(25)24(4)15(3)17-8-6-7-9-20(17)26-5/h6-12,15H,1-5H3. The summed E-state index contributed by atoms with van der Waals surface area (Å²) in [5.41, 5.74) is 4.87. The summed E-state index contributed by atoms with van der Waals surface area (Å²) in [6.45, 7) is 5.85. The summed E-state index contributed by atoms with van der Waals surface area (Å²) in [5.74, 6) is 0.709. The lowest BCUT2D eigenvalue weighted by Crippen LogP contribution is -2.29. The molecule has 0 radical (unpaired) electrons. The molecule has 0 aliphatic carbocycles. The van der Waals surface area contributed by atoms with Crippen LogP contribution in [0.3, 0.4) is 0 Å². The third-order valence-electron chi connectivity index (χ3n) is 4.81. The van der Waals surface area contributed by atoms with Crippen LogP contribution in [0.15, 0.2) is 42.5 Å². The minimum absolute atomic E-state index is 0.0645. The molecular weight excluding hydrogens is 326 g/mol. The average Bonchev–Trinajstić information content (AvgIpc) is 2.66. The van der Waals surface area contributed by atoms with Crippen molar-refractivity contribution in [3.63, 3.8) is 0 Å². The molecule has 1 aromatic heterocycles. The van der Waals surface area contributed by atoms with E-state index in [2.05, 4.69) is 9.97 Å². The highest BCUT2D eigenvalue weighted by Crippen LogP contribution is 2.29. The van der Waals surface area contributed by atoms with Gasteiger partial charge in [-0.3, -0.25) is 4.79 Å². The van der Waals surface area contributed by atoms with E-state index in [1.165, 1.54) is 0 Å². The number of rotatable bonds is 4. The highest BCUT2D eigenvalue weighted by molar-refractivity contribution is 5.97. The molecule has 0 N–H and O–H groups in total. The zero-order valence-corrected chi connectivity index (χ0v) is 15.8. The Hall–Kier alpha value is -2.95. The molecule has 5 heteroatoms. The van der Waals surface area contributed by atoms with Gasteiger partial charge in [-0.2, -0.15) is 0 Å². The molecule has 0 aliphatic heterocycles. The lowest BCUT2D eigenvalue weighted by Gasteiger charge is -2.26. The number of carbonyl (C=O) groups excluding carboxylic acids is 1. The second-order valence-electron chi connectivity index (χ2n) is 6.43. The molecule has 0 saturated carbocycles. The minimum Gasteiger partial charge on any atom is -0.496 e. The van der Waals surface area contributed by atoms with Crippen molar-refractivity contribution in [3.05, 3.63) is 65.0 Å². The first-order chi connectivity index (χ1) is 12.4. The maximum absolute atomic E-state index is 13.0. The first-order valence-electron chi connectivity index (χ1n) is 8.57. The Bertz CT molecular complexity index is 969. The molecular formula is C21H23N3O2. The van der Waals surface area contributed by atoms with E-state index < -0.39 is 0 Å². The molecule has 134 valence electrons. The fourth-order valence-electron chi connectivity index (χ4n) is 2.96. The Kier molecular flexibility index (Phi) is 4.89. The summed E-state index contributed by atoms with van der Waals surface area (Å²) in [6, 6.07) is 13.1. The van der Waals surface area contributed by atoms with E-state index in [1.54, 1.807) is 25.1 Å². The third kappa shape index (κ3) is 3.25. The van der Waals surface area contributed by atoms with Gasteiger partial charge in [0.1, 0.15) is 5.75 Å². The number of hydrogen-bond acceptors (Lipinski definition) is 4. The SMILES string of the molecule is COc1ccccc1C(C)N(C)C(=O)c1ccc2nc(C)c(C)nc2c1. The summed E-state index contributed by atoms with van der Waals surface area (Å²) in [5, 5.41) is 0. The zero-order valence-electron chi connectivity index (χ0n) is 15.8. The number of fused-ring (bicyclic) bond motifs is 1. The van der Waals surface area contributed by atoms with Crippen LogP contribution in [0.1, 0.15) is 40.3 Å². The van der Waals surface area contributed by atoms with Crippen molar-refractivity contribution in [1.82, 2.24) is 14.9 Å². The third-order valence-corrected chi connectivity index (χ3v) is 4.81. The van der Waals surface area contributed by atoms with Gasteiger partial charge < -0.3 is 9.64 Å². The Morgan fingerprint density at radius 1 is 1.04 bits per heavy atom. The second-order valence-corrected chi connectivity index (χ2v) is 6.43. The number of amides is 1. The summed E-state index contributed by atoms with van der Waals surface area (Å²) >= 11 is 0. The van der Waals surface area contributed by atoms with E-state index in [0.29, 0.717) is 5.56 Å². The van der Waals surface area contributed by atoms with Gasteiger partial charge in [-0.05, 0) is 45.0 Å². The number of hydrogen-bond donors (Lipinski definition) is 0. The van der Waals surface area contributed by atoms with E-state index >= 15 is 0 Å². The number of carbonyl (C=O) groups is 1. The van der Waals surface area contributed by atoms with Gasteiger partial charge in [0.15, 0.2) is 0 Å². The Labute approximate surface area is 153 Å². The number of benzene rings is 2. The fourth-order valence-corrected chi connectivity index (χ4v) is 2.96. The molecule has 26 heavy (non-hydrogen) atoms. The lowest BCUT2D eigenvalue weighted by atomic mass is 10.0. The largest absolute Gasteiger partial charge is 0.496 e. The zero-order chi connectivity index (χ0) is 18.8. The van der Waals surface area contributed by atoms with Gasteiger partial charge in [0.05, 0.1) is 35.6 Å². The Balaban J connectivity index is 1.92. The predicted molar refractivity (Wildman–Crippen MR) is 103 cm³/mol. The van der Waals surface area contributed by atoms with Crippen LogP contribution in [-0.2, 0) is 0 Å². The topological polar surface area (TPSA) is 55.3 Å². The van der Waals surface area contributed by atoms with Gasteiger partial charge in [-0.25, -0.2) is 9.97 Å². The van der Waals surface area contributed by atoms with Crippen LogP contribution in [0.25, 0.3) is 11.0 Å². The first-order valence-corrected chi connectivity index (χ1v) is 8.57. The van der Waals surface area contributed by atoms with Crippen LogP contribution in [0.2, 0.25) is 0 Å². The molecule has 0 aliphatic rings. The molecule has 1 heterocycles. The monoisotopic (exact) mass is 349 g/mol. The fraction of sp³-hybridized carbons (Fsp3) is 0.286. The van der Waals surface area contributed by atoms with Gasteiger partial charge >= 0.3 is 0 Å². The summed E-state index contributed by atoms with van der Waals surface area (Å²) in [7, 11) is 3.44. The molecule has 0 fully saturated rings. The highest BCUT2D eigenvalue weighted by atomic mass is 16.5. The molecule has 3 rings (SSSR count). The van der Waals surface area contributed by atoms with Crippen LogP contribution < -0.4 is 4.74 Å². The van der Waals surface area contributed by atoms with E-state index in [1.807, 2.05) is 57.2 Å². The number of para-hydroxylation sites is 1. The van der Waals surface area contributed by atoms with Crippen molar-refractivity contribution < 1.29 is 9.53 Å². The molecule has 1 amide bonds. The Morgan fingerprint density at radius 2 is 1.69 bits per heavy atom. The molecule has 5 nitrogen and oxygen atoms in total. The number of methoxy groups -OCH3 is 1. The summed E-state index contributed by atoms with van der Waals surface area (Å²) < 4.78 is 5.43. The van der Waals surface area contributed by atoms with Crippen molar-refractivity contribution in [2.45, 2.75) is 26.8 Å². The summed E-state index contributed by atoms with van der Waals surface area (Å²) in [4.78, 5) is 23.8. The van der Waals surface area contributed by atoms with Crippen LogP contribution >= 0.6 is 0 Å². The van der Waals surface area contributed by atoms with Crippen molar-refractivity contribution in [2.24, 2.45) is 0 Å². The average molecular weight is 349 g/mol. The van der Waals surface area contributed by atoms with E-state index in [9.17, 15) is 4.79 Å². The normalized spacial score (nSPS) is 12.0. The van der Waals surface area contributed by atoms with Gasteiger partial charge in [-0.1, -0.05) is 18.2 Å². The molecule has 0 saturated heterocycles. The van der Waals surface area contributed by atoms with Crippen molar-refractivity contribution in [2.75, 3.05) is 14.2 Å². The van der Waals surface area contributed by atoms with E-state index in [-0.39, 0.29) is 11.9 Å². The van der Waals surface area contributed by atoms with Crippen molar-refractivity contribution in [3.8, 4) is 5.75 Å². The Morgan fingerprint density at radius 3 is 2.38 bits per heavy atom. The quantitative estimate of drug-likeness (QED) is 0.712. The summed E-state index contributed by atoms with van der Waals surface area (Å²) in [6.07, 6.45) is 0. The first kappa shape index (κ1) is 17.9. The molecule has 2 aromatic carbocycles. The number of nitrogens with zero attached hydrogens (tertiary/aromatic N) is 3. The van der Waals surface area contributed by atoms with Gasteiger partial charge in [0.25, 0.3) is 5.91 Å². The van der Waals surface area contributed by atoms with Crippen LogP contribution in [-0.4, -0.2) is 34.9 Å². The van der Waals surface area contributed by atoms with E-state index in [4.69, 9.17) is 4.74 Å². The lowest BCUT2D eigenvalue weighted by molar-refractivity contribution is 0.0741. The smallest absolute Gasteiger partial charge is 0.254 e. The van der Waals surface area contributed by atoms with Crippen molar-refractivity contribution in [1.29, 1.82) is 0 Å². The molecule has 0 spiro atoms. The maximum Gasteiger partial charge on any atom is 0.254 e. The molecule has 3 aromatic rings. The van der Waals surface area contributed by atoms with Crippen LogP contribution in [0.5, 0.6) is 5.75 Å². The van der Waals surface area contributed by atoms with Gasteiger partial charge in [0.2, 0.25) is 0 Å². The molecule has 1 unspecified atom stereocenters. The second kappa shape index (κ2) is 7.12.